The topological polar surface area (TPSA) is 68.0 Å². The molecule has 1 amide bonds. The van der Waals surface area contributed by atoms with Gasteiger partial charge < -0.3 is 9.73 Å². The molecule has 3 rings (SSSR count). The van der Waals surface area contributed by atoms with Gasteiger partial charge in [-0.2, -0.15) is 0 Å². The molecule has 2 aromatic heterocycles. The summed E-state index contributed by atoms with van der Waals surface area (Å²) >= 11 is 3.38. The average Bonchev–Trinajstić information content (AvgIpc) is 2.85. The van der Waals surface area contributed by atoms with Crippen molar-refractivity contribution in [1.82, 2.24) is 9.97 Å². The van der Waals surface area contributed by atoms with Crippen LogP contribution in [0.5, 0.6) is 0 Å². The smallest absolute Gasteiger partial charge is 0.293 e. The maximum Gasteiger partial charge on any atom is 0.293 e. The Bertz CT molecular complexity index is 798. The molecule has 0 aliphatic carbocycles. The second-order valence-electron chi connectivity index (χ2n) is 4.25. The van der Waals surface area contributed by atoms with Crippen LogP contribution in [0.3, 0.4) is 0 Å². The van der Waals surface area contributed by atoms with E-state index in [0.29, 0.717) is 11.4 Å². The molecule has 1 aromatic carbocycles. The largest absolute Gasteiger partial charge is 0.438 e. The van der Waals surface area contributed by atoms with Gasteiger partial charge in [0.05, 0.1) is 16.9 Å². The van der Waals surface area contributed by atoms with Gasteiger partial charge in [-0.25, -0.2) is 4.98 Å². The first-order valence-electron chi connectivity index (χ1n) is 5.91. The minimum atomic E-state index is -0.336. The van der Waals surface area contributed by atoms with E-state index in [4.69, 9.17) is 4.42 Å². The molecule has 1 N–H and O–H groups in total. The number of anilines is 1. The van der Waals surface area contributed by atoms with Crippen LogP contribution in [0.1, 0.15) is 16.2 Å². The number of rotatable bonds is 2. The number of hydrogen-bond acceptors (Lipinski definition) is 4. The molecule has 0 aliphatic rings. The number of hydrogen-bond donors (Lipinski definition) is 1. The lowest BCUT2D eigenvalue weighted by Crippen LogP contribution is -2.12. The predicted octanol–water partition coefficient (Wildman–Crippen LogP) is 3.55. The zero-order valence-electron chi connectivity index (χ0n) is 10.6. The van der Waals surface area contributed by atoms with Crippen molar-refractivity contribution < 1.29 is 9.21 Å². The van der Waals surface area contributed by atoms with E-state index in [2.05, 4.69) is 31.2 Å². The van der Waals surface area contributed by atoms with E-state index in [1.165, 1.54) is 6.39 Å². The normalized spacial score (nSPS) is 10.7. The van der Waals surface area contributed by atoms with E-state index < -0.39 is 0 Å². The van der Waals surface area contributed by atoms with Crippen molar-refractivity contribution in [2.45, 2.75) is 6.92 Å². The number of carbonyl (C=O) groups is 1. The number of nitrogens with zero attached hydrogens (tertiary/aromatic N) is 2. The fourth-order valence-electron chi connectivity index (χ4n) is 1.93. The van der Waals surface area contributed by atoms with E-state index in [9.17, 15) is 4.79 Å². The number of pyridine rings is 1. The third-order valence-corrected chi connectivity index (χ3v) is 3.31. The van der Waals surface area contributed by atoms with Crippen molar-refractivity contribution in [2.24, 2.45) is 0 Å². The Morgan fingerprint density at radius 1 is 1.35 bits per heavy atom. The van der Waals surface area contributed by atoms with Crippen molar-refractivity contribution in [2.75, 3.05) is 5.32 Å². The fourth-order valence-corrected chi connectivity index (χ4v) is 2.28. The van der Waals surface area contributed by atoms with Crippen LogP contribution >= 0.6 is 15.9 Å². The highest BCUT2D eigenvalue weighted by atomic mass is 79.9. The van der Waals surface area contributed by atoms with Crippen molar-refractivity contribution in [1.29, 1.82) is 0 Å². The van der Waals surface area contributed by atoms with Gasteiger partial charge in [0.2, 0.25) is 5.76 Å². The molecule has 20 heavy (non-hydrogen) atoms. The molecule has 5 nitrogen and oxygen atoms in total. The van der Waals surface area contributed by atoms with Gasteiger partial charge in [0, 0.05) is 16.1 Å². The second kappa shape index (κ2) is 5.05. The Hall–Kier alpha value is -2.21. The number of oxazole rings is 1. The molecular weight excluding hydrogens is 322 g/mol. The van der Waals surface area contributed by atoms with E-state index in [-0.39, 0.29) is 11.7 Å². The monoisotopic (exact) mass is 331 g/mol. The molecule has 0 saturated heterocycles. The number of para-hydroxylation sites is 1. The van der Waals surface area contributed by atoms with Gasteiger partial charge >= 0.3 is 0 Å². The highest BCUT2D eigenvalue weighted by Crippen LogP contribution is 2.24. The molecule has 3 aromatic rings. The molecule has 0 atom stereocenters. The zero-order chi connectivity index (χ0) is 14.1. The molecule has 6 heteroatoms. The minimum Gasteiger partial charge on any atom is -0.438 e. The summed E-state index contributed by atoms with van der Waals surface area (Å²) in [5, 5.41) is 3.73. The third-order valence-electron chi connectivity index (χ3n) is 2.88. The molecular formula is C14H10BrN3O2. The highest BCUT2D eigenvalue weighted by molar-refractivity contribution is 9.10. The summed E-state index contributed by atoms with van der Waals surface area (Å²) in [4.78, 5) is 20.4. The van der Waals surface area contributed by atoms with Crippen LogP contribution < -0.4 is 5.32 Å². The van der Waals surface area contributed by atoms with Crippen molar-refractivity contribution in [3.63, 3.8) is 0 Å². The first kappa shape index (κ1) is 12.8. The van der Waals surface area contributed by atoms with Gasteiger partial charge in [-0.1, -0.05) is 12.1 Å². The average molecular weight is 332 g/mol. The number of amides is 1. The minimum absolute atomic E-state index is 0.208. The van der Waals surface area contributed by atoms with Crippen molar-refractivity contribution >= 4 is 38.4 Å². The predicted molar refractivity (Wildman–Crippen MR) is 78.6 cm³/mol. The molecule has 0 saturated carbocycles. The summed E-state index contributed by atoms with van der Waals surface area (Å²) in [6.07, 6.45) is 2.94. The zero-order valence-corrected chi connectivity index (χ0v) is 12.1. The van der Waals surface area contributed by atoms with Crippen LogP contribution in [-0.2, 0) is 0 Å². The maximum atomic E-state index is 12.1. The molecule has 0 fully saturated rings. The van der Waals surface area contributed by atoms with Crippen LogP contribution in [0.4, 0.5) is 5.69 Å². The van der Waals surface area contributed by atoms with Crippen LogP contribution in [-0.4, -0.2) is 15.9 Å². The Balaban J connectivity index is 1.99. The number of nitrogens with one attached hydrogen (secondary N) is 1. The quantitative estimate of drug-likeness (QED) is 0.779. The number of aromatic nitrogens is 2. The molecule has 0 bridgehead atoms. The Morgan fingerprint density at radius 2 is 2.20 bits per heavy atom. The number of aryl methyl sites for hydroxylation is 1. The van der Waals surface area contributed by atoms with Crippen LogP contribution in [0.25, 0.3) is 10.9 Å². The molecule has 0 unspecified atom stereocenters. The lowest BCUT2D eigenvalue weighted by Gasteiger charge is -2.07. The van der Waals surface area contributed by atoms with Crippen molar-refractivity contribution in [3.05, 3.63) is 52.8 Å². The van der Waals surface area contributed by atoms with Gasteiger partial charge in [-0.05, 0) is 35.0 Å². The summed E-state index contributed by atoms with van der Waals surface area (Å²) in [7, 11) is 0. The summed E-state index contributed by atoms with van der Waals surface area (Å²) < 4.78 is 5.97. The van der Waals surface area contributed by atoms with Crippen LogP contribution in [0.15, 0.2) is 45.7 Å². The first-order valence-corrected chi connectivity index (χ1v) is 6.70. The Kier molecular flexibility index (Phi) is 3.23. The van der Waals surface area contributed by atoms with Gasteiger partial charge in [-0.15, -0.1) is 0 Å². The van der Waals surface area contributed by atoms with Gasteiger partial charge in [0.15, 0.2) is 6.39 Å². The molecule has 0 aliphatic heterocycles. The van der Waals surface area contributed by atoms with Gasteiger partial charge in [-0.3, -0.25) is 9.78 Å². The SMILES string of the molecule is Cc1ncoc1C(=O)Nc1cccc2cc(Br)cnc12. The Labute approximate surface area is 123 Å². The fraction of sp³-hybridized carbons (Fsp3) is 0.0714. The number of halogens is 1. The van der Waals surface area contributed by atoms with E-state index in [1.54, 1.807) is 19.2 Å². The Morgan fingerprint density at radius 3 is 2.95 bits per heavy atom. The van der Waals surface area contributed by atoms with Crippen molar-refractivity contribution in [3.8, 4) is 0 Å². The van der Waals surface area contributed by atoms with E-state index in [1.807, 2.05) is 18.2 Å². The van der Waals surface area contributed by atoms with Crippen LogP contribution in [0.2, 0.25) is 0 Å². The molecule has 0 spiro atoms. The van der Waals surface area contributed by atoms with Gasteiger partial charge in [0.1, 0.15) is 0 Å². The lowest BCUT2D eigenvalue weighted by molar-refractivity contribution is 0.0996. The van der Waals surface area contributed by atoms with E-state index in [0.717, 1.165) is 15.4 Å². The summed E-state index contributed by atoms with van der Waals surface area (Å²) in [6, 6.07) is 7.53. The molecule has 0 radical (unpaired) electrons. The standard InChI is InChI=1S/C14H10BrN3O2/c1-8-13(20-7-17-8)14(19)18-11-4-2-3-9-5-10(15)6-16-12(9)11/h2-7H,1H3,(H,18,19). The number of fused-ring (bicyclic) bond motifs is 1. The maximum absolute atomic E-state index is 12.1. The third kappa shape index (κ3) is 2.30. The molecule has 100 valence electrons. The van der Waals surface area contributed by atoms with Gasteiger partial charge in [0.25, 0.3) is 5.91 Å². The highest BCUT2D eigenvalue weighted by Gasteiger charge is 2.15. The van der Waals surface area contributed by atoms with E-state index >= 15 is 0 Å². The summed E-state index contributed by atoms with van der Waals surface area (Å²) in [6.45, 7) is 1.72. The summed E-state index contributed by atoms with van der Waals surface area (Å²) in [5.41, 5.74) is 1.91. The number of benzene rings is 1. The van der Waals surface area contributed by atoms with Crippen LogP contribution in [0, 0.1) is 6.92 Å². The number of carbonyl (C=O) groups excluding carboxylic acids is 1. The summed E-state index contributed by atoms with van der Waals surface area (Å²) in [5.74, 6) is -0.128. The second-order valence-corrected chi connectivity index (χ2v) is 5.17. The molecule has 2 heterocycles. The lowest BCUT2D eigenvalue weighted by atomic mass is 10.2. The first-order chi connectivity index (χ1) is 9.65.